The number of hydrogen-bond donors (Lipinski definition) is 1. The topological polar surface area (TPSA) is 37.3 Å². The lowest BCUT2D eigenvalue weighted by molar-refractivity contribution is 0.342. The number of hydrogen-bond acceptors (Lipinski definition) is 2. The molecule has 2 aromatic rings. The van der Waals surface area contributed by atoms with Gasteiger partial charge in [-0.05, 0) is 12.3 Å². The van der Waals surface area contributed by atoms with Crippen LogP contribution in [0.2, 0.25) is 0 Å². The van der Waals surface area contributed by atoms with Crippen LogP contribution in [-0.4, -0.2) is 17.4 Å². The van der Waals surface area contributed by atoms with E-state index in [1.165, 1.54) is 0 Å². The maximum atomic E-state index is 14.2. The van der Waals surface area contributed by atoms with Crippen LogP contribution >= 0.6 is 7.14 Å². The zero-order chi connectivity index (χ0) is 16.7. The standard InChI is InChI=1S/C20H25O2P/c1-17(2)16-20(14-9-15-21)23(22,18-10-5-3-6-11-18)19-12-7-4-8-13-19/h3-14,17,20-21H,15-16H2,1-2H3/b14-9+. The van der Waals surface area contributed by atoms with Crippen molar-refractivity contribution in [2.24, 2.45) is 5.92 Å². The Bertz CT molecular complexity index is 619. The van der Waals surface area contributed by atoms with Gasteiger partial charge in [-0.15, -0.1) is 0 Å². The van der Waals surface area contributed by atoms with Gasteiger partial charge in [0.25, 0.3) is 0 Å². The summed E-state index contributed by atoms with van der Waals surface area (Å²) in [5, 5.41) is 10.9. The van der Waals surface area contributed by atoms with Crippen molar-refractivity contribution in [3.8, 4) is 0 Å². The third kappa shape index (κ3) is 4.22. The van der Waals surface area contributed by atoms with Crippen LogP contribution in [0.1, 0.15) is 20.3 Å². The SMILES string of the molecule is CC(C)CC(/C=C/CO)P(=O)(c1ccccc1)c1ccccc1. The molecule has 2 rings (SSSR count). The summed E-state index contributed by atoms with van der Waals surface area (Å²) in [4.78, 5) is 0. The number of allylic oxidation sites excluding steroid dienone is 1. The molecule has 1 atom stereocenters. The quantitative estimate of drug-likeness (QED) is 0.617. The van der Waals surface area contributed by atoms with Gasteiger partial charge in [0, 0.05) is 16.3 Å². The van der Waals surface area contributed by atoms with Crippen LogP contribution in [0.3, 0.4) is 0 Å². The fourth-order valence-corrected chi connectivity index (χ4v) is 6.26. The van der Waals surface area contributed by atoms with E-state index in [1.54, 1.807) is 6.08 Å². The van der Waals surface area contributed by atoms with Gasteiger partial charge in [-0.1, -0.05) is 86.7 Å². The van der Waals surface area contributed by atoms with Crippen molar-refractivity contribution in [2.45, 2.75) is 25.9 Å². The zero-order valence-electron chi connectivity index (χ0n) is 13.8. The average molecular weight is 328 g/mol. The van der Waals surface area contributed by atoms with Crippen LogP contribution < -0.4 is 10.6 Å². The predicted octanol–water partition coefficient (Wildman–Crippen LogP) is 3.96. The summed E-state index contributed by atoms with van der Waals surface area (Å²) >= 11 is 0. The lowest BCUT2D eigenvalue weighted by atomic mass is 10.1. The van der Waals surface area contributed by atoms with Gasteiger partial charge in [0.2, 0.25) is 0 Å². The molecule has 0 aliphatic carbocycles. The van der Waals surface area contributed by atoms with Crippen molar-refractivity contribution < 1.29 is 9.67 Å². The first-order valence-electron chi connectivity index (χ1n) is 8.07. The van der Waals surface area contributed by atoms with Gasteiger partial charge in [0.1, 0.15) is 7.14 Å². The molecular weight excluding hydrogens is 303 g/mol. The summed E-state index contributed by atoms with van der Waals surface area (Å²) in [6.45, 7) is 4.25. The van der Waals surface area contributed by atoms with E-state index in [2.05, 4.69) is 13.8 Å². The third-order valence-corrected chi connectivity index (χ3v) is 7.37. The minimum absolute atomic E-state index is 0.0296. The van der Waals surface area contributed by atoms with Gasteiger partial charge < -0.3 is 9.67 Å². The van der Waals surface area contributed by atoms with E-state index in [9.17, 15) is 9.67 Å². The molecule has 0 radical (unpaired) electrons. The summed E-state index contributed by atoms with van der Waals surface area (Å²) in [6, 6.07) is 19.4. The number of aliphatic hydroxyl groups is 1. The van der Waals surface area contributed by atoms with Crippen molar-refractivity contribution in [3.63, 3.8) is 0 Å². The maximum absolute atomic E-state index is 14.2. The zero-order valence-corrected chi connectivity index (χ0v) is 14.7. The Labute approximate surface area is 139 Å². The molecule has 1 N–H and O–H groups in total. The molecule has 0 spiro atoms. The van der Waals surface area contributed by atoms with Crippen molar-refractivity contribution in [1.29, 1.82) is 0 Å². The smallest absolute Gasteiger partial charge is 0.149 e. The third-order valence-electron chi connectivity index (χ3n) is 3.92. The Morgan fingerprint density at radius 2 is 1.43 bits per heavy atom. The molecular formula is C20H25O2P. The molecule has 122 valence electrons. The van der Waals surface area contributed by atoms with Gasteiger partial charge in [0.05, 0.1) is 6.61 Å². The molecule has 0 heterocycles. The largest absolute Gasteiger partial charge is 0.392 e. The van der Waals surface area contributed by atoms with Crippen LogP contribution in [0.4, 0.5) is 0 Å². The molecule has 23 heavy (non-hydrogen) atoms. The highest BCUT2D eigenvalue weighted by molar-refractivity contribution is 7.79. The summed E-state index contributed by atoms with van der Waals surface area (Å²) in [6.07, 6.45) is 4.46. The van der Waals surface area contributed by atoms with Gasteiger partial charge in [-0.2, -0.15) is 0 Å². The molecule has 0 saturated carbocycles. The van der Waals surface area contributed by atoms with Crippen LogP contribution in [-0.2, 0) is 4.57 Å². The van der Waals surface area contributed by atoms with E-state index in [-0.39, 0.29) is 12.3 Å². The second-order valence-corrected chi connectivity index (χ2v) is 9.15. The Morgan fingerprint density at radius 1 is 0.957 bits per heavy atom. The fourth-order valence-electron chi connectivity index (χ4n) is 2.88. The molecule has 2 nitrogen and oxygen atoms in total. The summed E-state index contributed by atoms with van der Waals surface area (Å²) in [7, 11) is -2.82. The minimum atomic E-state index is -2.82. The van der Waals surface area contributed by atoms with Crippen LogP contribution in [0.25, 0.3) is 0 Å². The highest BCUT2D eigenvalue weighted by Crippen LogP contribution is 2.51. The van der Waals surface area contributed by atoms with Gasteiger partial charge >= 0.3 is 0 Å². The van der Waals surface area contributed by atoms with Crippen LogP contribution in [0.5, 0.6) is 0 Å². The Balaban J connectivity index is 2.60. The molecule has 0 saturated heterocycles. The van der Waals surface area contributed by atoms with Crippen LogP contribution in [0.15, 0.2) is 72.8 Å². The fraction of sp³-hybridized carbons (Fsp3) is 0.300. The molecule has 0 aliphatic heterocycles. The summed E-state index contributed by atoms with van der Waals surface area (Å²) in [5.41, 5.74) is -0.112. The van der Waals surface area contributed by atoms with Crippen molar-refractivity contribution in [3.05, 3.63) is 72.8 Å². The van der Waals surface area contributed by atoms with Crippen molar-refractivity contribution in [2.75, 3.05) is 6.61 Å². The normalized spacial score (nSPS) is 13.6. The number of benzene rings is 2. The van der Waals surface area contributed by atoms with Gasteiger partial charge in [0.15, 0.2) is 0 Å². The molecule has 2 aromatic carbocycles. The van der Waals surface area contributed by atoms with E-state index in [4.69, 9.17) is 0 Å². The van der Waals surface area contributed by atoms with Crippen molar-refractivity contribution in [1.82, 2.24) is 0 Å². The highest BCUT2D eigenvalue weighted by atomic mass is 31.2. The number of aliphatic hydroxyl groups excluding tert-OH is 1. The lowest BCUT2D eigenvalue weighted by Gasteiger charge is -2.28. The average Bonchev–Trinajstić information content (AvgIpc) is 2.59. The summed E-state index contributed by atoms with van der Waals surface area (Å²) < 4.78 is 14.2. The molecule has 0 amide bonds. The van der Waals surface area contributed by atoms with Crippen LogP contribution in [0, 0.1) is 5.92 Å². The molecule has 0 aliphatic rings. The van der Waals surface area contributed by atoms with E-state index in [0.29, 0.717) is 5.92 Å². The first kappa shape index (κ1) is 17.7. The minimum Gasteiger partial charge on any atom is -0.392 e. The molecule has 0 fully saturated rings. The van der Waals surface area contributed by atoms with E-state index in [0.717, 1.165) is 17.0 Å². The first-order chi connectivity index (χ1) is 11.1. The molecule has 0 bridgehead atoms. The predicted molar refractivity (Wildman–Crippen MR) is 99.2 cm³/mol. The monoisotopic (exact) mass is 328 g/mol. The van der Waals surface area contributed by atoms with E-state index >= 15 is 0 Å². The molecule has 0 aromatic heterocycles. The Hall–Kier alpha value is -1.63. The van der Waals surface area contributed by atoms with Gasteiger partial charge in [-0.25, -0.2) is 0 Å². The Morgan fingerprint density at radius 3 is 1.83 bits per heavy atom. The first-order valence-corrected chi connectivity index (χ1v) is 9.85. The Kier molecular flexibility index (Phi) is 6.38. The second-order valence-electron chi connectivity index (χ2n) is 6.14. The highest BCUT2D eigenvalue weighted by Gasteiger charge is 2.35. The molecule has 3 heteroatoms. The van der Waals surface area contributed by atoms with E-state index in [1.807, 2.05) is 66.7 Å². The second kappa shape index (κ2) is 8.29. The lowest BCUT2D eigenvalue weighted by Crippen LogP contribution is -2.26. The van der Waals surface area contributed by atoms with E-state index < -0.39 is 7.14 Å². The number of rotatable bonds is 7. The van der Waals surface area contributed by atoms with Crippen molar-refractivity contribution >= 4 is 17.8 Å². The molecule has 1 unspecified atom stereocenters. The van der Waals surface area contributed by atoms with Gasteiger partial charge in [-0.3, -0.25) is 0 Å². The maximum Gasteiger partial charge on any atom is 0.149 e. The summed E-state index contributed by atoms with van der Waals surface area (Å²) in [5.74, 6) is 0.420.